The highest BCUT2D eigenvalue weighted by atomic mass is 14.0. The molecule has 0 unspecified atom stereocenters. The SMILES string of the molecule is C.C=C/C=C(/CC)c1ccccc1C.CC. The van der Waals surface area contributed by atoms with Crippen molar-refractivity contribution in [3.63, 3.8) is 0 Å². The number of hydrogen-bond acceptors (Lipinski definition) is 0. The van der Waals surface area contributed by atoms with E-state index in [9.17, 15) is 0 Å². The number of aryl methyl sites for hydroxylation is 1. The van der Waals surface area contributed by atoms with E-state index in [0.29, 0.717) is 0 Å². The van der Waals surface area contributed by atoms with E-state index in [1.54, 1.807) is 0 Å². The van der Waals surface area contributed by atoms with Gasteiger partial charge >= 0.3 is 0 Å². The summed E-state index contributed by atoms with van der Waals surface area (Å²) in [5, 5.41) is 0. The van der Waals surface area contributed by atoms with Gasteiger partial charge in [-0.25, -0.2) is 0 Å². The highest BCUT2D eigenvalue weighted by molar-refractivity contribution is 5.69. The molecule has 0 aliphatic heterocycles. The zero-order valence-electron chi connectivity index (χ0n) is 10.4. The number of rotatable bonds is 3. The second kappa shape index (κ2) is 10.2. The Hall–Kier alpha value is -1.30. The van der Waals surface area contributed by atoms with Gasteiger partial charge in [-0.2, -0.15) is 0 Å². The van der Waals surface area contributed by atoms with Crippen LogP contribution in [0.1, 0.15) is 45.7 Å². The summed E-state index contributed by atoms with van der Waals surface area (Å²) in [6.07, 6.45) is 4.99. The van der Waals surface area contributed by atoms with Gasteiger partial charge in [0.1, 0.15) is 0 Å². The molecule has 16 heavy (non-hydrogen) atoms. The summed E-state index contributed by atoms with van der Waals surface area (Å²) in [5.41, 5.74) is 4.02. The largest absolute Gasteiger partial charge is 0.0991 e. The lowest BCUT2D eigenvalue weighted by Gasteiger charge is -2.07. The number of hydrogen-bond donors (Lipinski definition) is 0. The smallest absolute Gasteiger partial charge is 0.0195 e. The minimum atomic E-state index is 0. The molecule has 0 aliphatic rings. The summed E-state index contributed by atoms with van der Waals surface area (Å²) in [7, 11) is 0. The van der Waals surface area contributed by atoms with E-state index in [1.165, 1.54) is 16.7 Å². The average molecular weight is 218 g/mol. The fourth-order valence-electron chi connectivity index (χ4n) is 1.47. The molecule has 1 rings (SSSR count). The van der Waals surface area contributed by atoms with Crippen LogP contribution in [0.4, 0.5) is 0 Å². The molecule has 0 heteroatoms. The summed E-state index contributed by atoms with van der Waals surface area (Å²) < 4.78 is 0. The Kier molecular flexibility index (Phi) is 10.9. The summed E-state index contributed by atoms with van der Waals surface area (Å²) in [5.74, 6) is 0. The molecule has 0 nitrogen and oxygen atoms in total. The Balaban J connectivity index is 0. The fraction of sp³-hybridized carbons (Fsp3) is 0.375. The van der Waals surface area contributed by atoms with E-state index < -0.39 is 0 Å². The van der Waals surface area contributed by atoms with Crippen LogP contribution in [0, 0.1) is 6.92 Å². The predicted molar refractivity (Wildman–Crippen MR) is 77.7 cm³/mol. The first-order valence-electron chi connectivity index (χ1n) is 5.67. The third-order valence-corrected chi connectivity index (χ3v) is 2.19. The van der Waals surface area contributed by atoms with Gasteiger partial charge in [-0.1, -0.05) is 71.2 Å². The predicted octanol–water partition coefficient (Wildman–Crippen LogP) is 5.64. The molecule has 0 aromatic heterocycles. The van der Waals surface area contributed by atoms with Crippen molar-refractivity contribution in [2.75, 3.05) is 0 Å². The first-order valence-corrected chi connectivity index (χ1v) is 5.67. The number of benzene rings is 1. The molecule has 0 heterocycles. The quantitative estimate of drug-likeness (QED) is 0.576. The van der Waals surface area contributed by atoms with E-state index in [2.05, 4.69) is 50.8 Å². The molecule has 1 aromatic rings. The van der Waals surface area contributed by atoms with Crippen molar-refractivity contribution < 1.29 is 0 Å². The third kappa shape index (κ3) is 4.97. The molecule has 0 aliphatic carbocycles. The first-order chi connectivity index (χ1) is 7.29. The van der Waals surface area contributed by atoms with Crippen molar-refractivity contribution in [3.05, 3.63) is 54.1 Å². The van der Waals surface area contributed by atoms with Gasteiger partial charge in [0, 0.05) is 0 Å². The van der Waals surface area contributed by atoms with Crippen LogP contribution in [-0.4, -0.2) is 0 Å². The Morgan fingerprint density at radius 2 is 1.81 bits per heavy atom. The lowest BCUT2D eigenvalue weighted by Crippen LogP contribution is -1.86. The molecule has 90 valence electrons. The summed E-state index contributed by atoms with van der Waals surface area (Å²) in [4.78, 5) is 0. The van der Waals surface area contributed by atoms with Crippen LogP contribution in [0.3, 0.4) is 0 Å². The Morgan fingerprint density at radius 1 is 1.25 bits per heavy atom. The molecule has 0 spiro atoms. The molecule has 0 saturated heterocycles. The first kappa shape index (κ1) is 17.1. The van der Waals surface area contributed by atoms with E-state index in [4.69, 9.17) is 0 Å². The average Bonchev–Trinajstić information content (AvgIpc) is 2.30. The number of allylic oxidation sites excluding steroid dienone is 3. The molecule has 0 bridgehead atoms. The molecule has 0 atom stereocenters. The van der Waals surface area contributed by atoms with Crippen molar-refractivity contribution in [2.45, 2.75) is 41.5 Å². The van der Waals surface area contributed by atoms with E-state index in [1.807, 2.05) is 19.9 Å². The molecular weight excluding hydrogens is 192 g/mol. The molecule has 0 radical (unpaired) electrons. The van der Waals surface area contributed by atoms with Crippen LogP contribution in [0.25, 0.3) is 5.57 Å². The second-order valence-corrected chi connectivity index (χ2v) is 3.10. The van der Waals surface area contributed by atoms with Crippen LogP contribution in [-0.2, 0) is 0 Å². The molecular formula is C16H26. The van der Waals surface area contributed by atoms with Crippen molar-refractivity contribution >= 4 is 5.57 Å². The van der Waals surface area contributed by atoms with Crippen molar-refractivity contribution in [1.29, 1.82) is 0 Å². The van der Waals surface area contributed by atoms with Crippen molar-refractivity contribution in [3.8, 4) is 0 Å². The minimum absolute atomic E-state index is 0. The van der Waals surface area contributed by atoms with Gasteiger partial charge in [-0.05, 0) is 30.0 Å². The van der Waals surface area contributed by atoms with Gasteiger partial charge in [0.25, 0.3) is 0 Å². The van der Waals surface area contributed by atoms with Crippen LogP contribution in [0.5, 0.6) is 0 Å². The zero-order valence-corrected chi connectivity index (χ0v) is 10.4. The van der Waals surface area contributed by atoms with Crippen molar-refractivity contribution in [1.82, 2.24) is 0 Å². The summed E-state index contributed by atoms with van der Waals surface area (Å²) in [6, 6.07) is 8.45. The highest BCUT2D eigenvalue weighted by Crippen LogP contribution is 2.21. The van der Waals surface area contributed by atoms with E-state index >= 15 is 0 Å². The maximum absolute atomic E-state index is 3.73. The van der Waals surface area contributed by atoms with E-state index in [0.717, 1.165) is 6.42 Å². The Labute approximate surface area is 102 Å². The maximum Gasteiger partial charge on any atom is -0.0195 e. The molecule has 0 amide bonds. The standard InChI is InChI=1S/C13H16.C2H6.CH4/c1-4-8-12(5-2)13-10-7-6-9-11(13)3;1-2;/h4,6-10H,1,5H2,2-3H3;1-2H3;1H4/b12-8-;;. The van der Waals surface area contributed by atoms with Gasteiger partial charge in [-0.3, -0.25) is 0 Å². The van der Waals surface area contributed by atoms with Crippen molar-refractivity contribution in [2.24, 2.45) is 0 Å². The van der Waals surface area contributed by atoms with Gasteiger partial charge in [0.15, 0.2) is 0 Å². The van der Waals surface area contributed by atoms with Crippen LogP contribution in [0.2, 0.25) is 0 Å². The van der Waals surface area contributed by atoms with Gasteiger partial charge < -0.3 is 0 Å². The van der Waals surface area contributed by atoms with Gasteiger partial charge in [0.05, 0.1) is 0 Å². The lowest BCUT2D eigenvalue weighted by molar-refractivity contribution is 1.22. The molecule has 0 saturated carbocycles. The molecule has 0 N–H and O–H groups in total. The molecule has 1 aromatic carbocycles. The fourth-order valence-corrected chi connectivity index (χ4v) is 1.47. The van der Waals surface area contributed by atoms with Crippen LogP contribution >= 0.6 is 0 Å². The minimum Gasteiger partial charge on any atom is -0.0991 e. The summed E-state index contributed by atoms with van der Waals surface area (Å²) in [6.45, 7) is 12.0. The Bertz CT molecular complexity index is 319. The second-order valence-electron chi connectivity index (χ2n) is 3.10. The zero-order chi connectivity index (χ0) is 11.7. The van der Waals surface area contributed by atoms with E-state index in [-0.39, 0.29) is 7.43 Å². The monoisotopic (exact) mass is 218 g/mol. The normalized spacial score (nSPS) is 9.62. The highest BCUT2D eigenvalue weighted by Gasteiger charge is 2.00. The lowest BCUT2D eigenvalue weighted by atomic mass is 9.98. The topological polar surface area (TPSA) is 0 Å². The third-order valence-electron chi connectivity index (χ3n) is 2.19. The van der Waals surface area contributed by atoms with Crippen LogP contribution in [0.15, 0.2) is 43.0 Å². The van der Waals surface area contributed by atoms with Gasteiger partial charge in [0.2, 0.25) is 0 Å². The van der Waals surface area contributed by atoms with Gasteiger partial charge in [-0.15, -0.1) is 0 Å². The maximum atomic E-state index is 3.73. The summed E-state index contributed by atoms with van der Waals surface area (Å²) >= 11 is 0. The Morgan fingerprint density at radius 3 is 2.25 bits per heavy atom. The molecule has 0 fully saturated rings. The van der Waals surface area contributed by atoms with Crippen LogP contribution < -0.4 is 0 Å².